The topological polar surface area (TPSA) is 123 Å². The maximum absolute atomic E-state index is 12.8. The summed E-state index contributed by atoms with van der Waals surface area (Å²) in [5, 5.41) is 19.1. The Balaban J connectivity index is 2.32. The lowest BCUT2D eigenvalue weighted by atomic mass is 10.2. The van der Waals surface area contributed by atoms with Gasteiger partial charge >= 0.3 is 19.4 Å². The lowest BCUT2D eigenvalue weighted by Gasteiger charge is -2.27. The summed E-state index contributed by atoms with van der Waals surface area (Å²) in [6.45, 7) is 8.93. The molecule has 0 spiro atoms. The average molecular weight is 418 g/mol. The fourth-order valence-corrected chi connectivity index (χ4v) is 4.05. The van der Waals surface area contributed by atoms with Crippen molar-refractivity contribution in [3.63, 3.8) is 0 Å². The summed E-state index contributed by atoms with van der Waals surface area (Å²) >= 11 is 0. The second-order valence-corrected chi connectivity index (χ2v) is 8.57. The number of aliphatic hydroxyl groups excluding tert-OH is 2. The number of ether oxygens (including phenoxy) is 1. The summed E-state index contributed by atoms with van der Waals surface area (Å²) in [4.78, 5) is 27.2. The molecule has 0 saturated carbocycles. The summed E-state index contributed by atoms with van der Waals surface area (Å²) in [5.74, 6) is 0. The van der Waals surface area contributed by atoms with Crippen molar-refractivity contribution in [2.45, 2.75) is 71.6 Å². The van der Waals surface area contributed by atoms with Gasteiger partial charge in [-0.1, -0.05) is 0 Å². The van der Waals surface area contributed by atoms with E-state index < -0.39 is 44.5 Å². The van der Waals surface area contributed by atoms with E-state index in [-0.39, 0.29) is 30.8 Å². The Hall–Kier alpha value is -1.42. The van der Waals surface area contributed by atoms with Gasteiger partial charge in [0.2, 0.25) is 0 Å². The number of rotatable bonds is 8. The van der Waals surface area contributed by atoms with Crippen LogP contribution in [0.3, 0.4) is 0 Å². The molecule has 2 rings (SSSR count). The summed E-state index contributed by atoms with van der Waals surface area (Å²) in [6, 6.07) is 0.246. The molecule has 158 valence electrons. The third-order valence-electron chi connectivity index (χ3n) is 4.77. The van der Waals surface area contributed by atoms with E-state index in [1.807, 2.05) is 32.6 Å². The average Bonchev–Trinajstić information content (AvgIpc) is 2.98. The van der Waals surface area contributed by atoms with Crippen LogP contribution in [0.4, 0.5) is 0 Å². The lowest BCUT2D eigenvalue weighted by molar-refractivity contribution is -0.0461. The molecule has 28 heavy (non-hydrogen) atoms. The van der Waals surface area contributed by atoms with Gasteiger partial charge in [0.15, 0.2) is 6.73 Å². The highest BCUT2D eigenvalue weighted by atomic mass is 31.1. The molecule has 1 unspecified atom stereocenters. The molecule has 2 N–H and O–H groups in total. The van der Waals surface area contributed by atoms with Crippen molar-refractivity contribution in [1.82, 2.24) is 13.8 Å². The smallest absolute Gasteiger partial charge is 0.394 e. The molecule has 1 aliphatic heterocycles. The van der Waals surface area contributed by atoms with E-state index in [0.29, 0.717) is 4.34 Å². The maximum Gasteiger partial charge on any atom is 0.659 e. The Morgan fingerprint density at radius 2 is 1.93 bits per heavy atom. The molecule has 0 amide bonds. The SMILES string of the molecule is Cc1cn([C@H]2C[C@H](O)[C@@H](CO)O2)c(=O)n([P+](=O)OCN(C(C)C)C(C)C)c1=O. The largest absolute Gasteiger partial charge is 0.659 e. The van der Waals surface area contributed by atoms with Crippen LogP contribution in [0.5, 0.6) is 0 Å². The molecule has 1 aromatic rings. The van der Waals surface area contributed by atoms with Crippen molar-refractivity contribution < 1.29 is 24.0 Å². The highest BCUT2D eigenvalue weighted by molar-refractivity contribution is 7.37. The highest BCUT2D eigenvalue weighted by Gasteiger charge is 2.38. The Morgan fingerprint density at radius 3 is 2.43 bits per heavy atom. The van der Waals surface area contributed by atoms with Gasteiger partial charge < -0.3 is 14.9 Å². The summed E-state index contributed by atoms with van der Waals surface area (Å²) in [6.07, 6.45) is -1.28. The Kier molecular flexibility index (Phi) is 7.66. The third kappa shape index (κ3) is 4.76. The summed E-state index contributed by atoms with van der Waals surface area (Å²) < 4.78 is 25.2. The first-order valence-electron chi connectivity index (χ1n) is 9.23. The van der Waals surface area contributed by atoms with Crippen LogP contribution < -0.4 is 11.2 Å². The van der Waals surface area contributed by atoms with Crippen molar-refractivity contribution in [3.05, 3.63) is 32.6 Å². The number of hydrogen-bond acceptors (Lipinski definition) is 8. The Labute approximate surface area is 164 Å². The quantitative estimate of drug-likeness (QED) is 0.464. The van der Waals surface area contributed by atoms with Gasteiger partial charge in [0.05, 0.1) is 12.7 Å². The van der Waals surface area contributed by atoms with Crippen LogP contribution in [0.2, 0.25) is 0 Å². The zero-order valence-electron chi connectivity index (χ0n) is 16.8. The van der Waals surface area contributed by atoms with Crippen molar-refractivity contribution in [2.24, 2.45) is 0 Å². The minimum Gasteiger partial charge on any atom is -0.394 e. The van der Waals surface area contributed by atoms with Gasteiger partial charge in [0.25, 0.3) is 0 Å². The minimum atomic E-state index is -2.76. The van der Waals surface area contributed by atoms with Crippen LogP contribution in [0.15, 0.2) is 15.8 Å². The molecule has 10 nitrogen and oxygen atoms in total. The van der Waals surface area contributed by atoms with Gasteiger partial charge in [0, 0.05) is 34.8 Å². The predicted molar refractivity (Wildman–Crippen MR) is 102 cm³/mol. The van der Waals surface area contributed by atoms with Crippen LogP contribution in [0.25, 0.3) is 0 Å². The monoisotopic (exact) mass is 418 g/mol. The molecule has 1 aliphatic rings. The minimum absolute atomic E-state index is 0.00438. The zero-order valence-corrected chi connectivity index (χ0v) is 17.7. The lowest BCUT2D eigenvalue weighted by Crippen LogP contribution is -2.41. The van der Waals surface area contributed by atoms with Gasteiger partial charge in [-0.2, -0.15) is 0 Å². The molecule has 0 aromatic carbocycles. The molecule has 1 saturated heterocycles. The third-order valence-corrected chi connectivity index (χ3v) is 5.78. The van der Waals surface area contributed by atoms with Gasteiger partial charge in [-0.3, -0.25) is 14.3 Å². The molecule has 0 bridgehead atoms. The maximum atomic E-state index is 12.8. The van der Waals surface area contributed by atoms with Crippen LogP contribution in [-0.2, 0) is 13.8 Å². The number of aliphatic hydroxyl groups is 2. The molecule has 4 atom stereocenters. The number of aromatic nitrogens is 2. The van der Waals surface area contributed by atoms with E-state index in [2.05, 4.69) is 0 Å². The molecule has 1 fully saturated rings. The van der Waals surface area contributed by atoms with Crippen LogP contribution in [0.1, 0.15) is 45.9 Å². The first-order chi connectivity index (χ1) is 13.1. The van der Waals surface area contributed by atoms with Crippen LogP contribution in [0, 0.1) is 6.92 Å². The van der Waals surface area contributed by atoms with Crippen molar-refractivity contribution in [1.29, 1.82) is 0 Å². The fourth-order valence-electron chi connectivity index (χ4n) is 3.15. The number of nitrogens with zero attached hydrogens (tertiary/aromatic N) is 3. The highest BCUT2D eigenvalue weighted by Crippen LogP contribution is 2.28. The van der Waals surface area contributed by atoms with Crippen LogP contribution in [-0.4, -0.2) is 61.6 Å². The van der Waals surface area contributed by atoms with Gasteiger partial charge in [-0.15, -0.1) is 4.52 Å². The summed E-state index contributed by atoms with van der Waals surface area (Å²) in [7, 11) is -2.76. The standard InChI is InChI=1S/C17H29N3O7P/c1-10(2)19(11(3)4)9-26-28(25)20-16(23)12(5)7-18(17(20)24)15-6-13(22)14(8-21)27-15/h7,10-11,13-15,21-22H,6,8-9H2,1-5H3/q+1/t13-,14+,15+/m0/s1. The first-order valence-corrected chi connectivity index (χ1v) is 10.4. The van der Waals surface area contributed by atoms with E-state index >= 15 is 0 Å². The normalized spacial score (nSPS) is 23.2. The fraction of sp³-hybridized carbons (Fsp3) is 0.765. The van der Waals surface area contributed by atoms with E-state index in [4.69, 9.17) is 9.26 Å². The number of hydrogen-bond donors (Lipinski definition) is 2. The molecule has 2 heterocycles. The second kappa shape index (κ2) is 9.39. The van der Waals surface area contributed by atoms with Gasteiger partial charge in [-0.05, 0) is 39.0 Å². The second-order valence-electron chi connectivity index (χ2n) is 7.43. The van der Waals surface area contributed by atoms with E-state index in [1.54, 1.807) is 0 Å². The van der Waals surface area contributed by atoms with E-state index in [1.165, 1.54) is 13.1 Å². The Bertz CT molecular complexity index is 812. The molecule has 0 aliphatic carbocycles. The first kappa shape index (κ1) is 22.9. The Morgan fingerprint density at radius 1 is 1.32 bits per heavy atom. The molecule has 11 heteroatoms. The van der Waals surface area contributed by atoms with E-state index in [9.17, 15) is 24.4 Å². The molecular formula is C17H29N3O7P+. The van der Waals surface area contributed by atoms with Gasteiger partial charge in [0.1, 0.15) is 12.3 Å². The molecular weight excluding hydrogens is 389 g/mol. The van der Waals surface area contributed by atoms with Crippen molar-refractivity contribution >= 4 is 8.18 Å². The van der Waals surface area contributed by atoms with Crippen molar-refractivity contribution in [3.8, 4) is 0 Å². The zero-order chi connectivity index (χ0) is 21.2. The predicted octanol–water partition coefficient (Wildman–Crippen LogP) is 0.558. The van der Waals surface area contributed by atoms with Crippen LogP contribution >= 0.6 is 8.18 Å². The summed E-state index contributed by atoms with van der Waals surface area (Å²) in [5.41, 5.74) is -1.38. The molecule has 0 radical (unpaired) electrons. The van der Waals surface area contributed by atoms with Crippen molar-refractivity contribution in [2.75, 3.05) is 13.3 Å². The van der Waals surface area contributed by atoms with E-state index in [0.717, 1.165) is 4.57 Å². The molecule has 1 aromatic heterocycles. The van der Waals surface area contributed by atoms with Gasteiger partial charge in [-0.25, -0.2) is 4.79 Å². The number of aryl methyl sites for hydroxylation is 1.